The van der Waals surface area contributed by atoms with E-state index in [-0.39, 0.29) is 30.1 Å². The Hall–Kier alpha value is -1.82. The first-order chi connectivity index (χ1) is 9.97. The minimum absolute atomic E-state index is 0.00618. The summed E-state index contributed by atoms with van der Waals surface area (Å²) in [7, 11) is 0. The fourth-order valence-corrected chi connectivity index (χ4v) is 2.65. The largest absolute Gasteiger partial charge is 0.481 e. The molecule has 1 fully saturated rings. The molecule has 21 heavy (non-hydrogen) atoms. The van der Waals surface area contributed by atoms with Gasteiger partial charge < -0.3 is 15.3 Å². The summed E-state index contributed by atoms with van der Waals surface area (Å²) in [5, 5.41) is 11.5. The standard InChI is InChI=1S/C14H16ClFN2O3/c15-11-6-9(3-4-12(11)16)8-17-14(21)18-5-1-2-10(18)7-13(19)20/h3-4,6,10H,1-2,5,7-8H2,(H,17,21)(H,19,20). The summed E-state index contributed by atoms with van der Waals surface area (Å²) in [6.45, 7) is 0.767. The Kier molecular flexibility index (Phi) is 5.01. The van der Waals surface area contributed by atoms with Gasteiger partial charge in [-0.15, -0.1) is 0 Å². The highest BCUT2D eigenvalue weighted by molar-refractivity contribution is 6.30. The summed E-state index contributed by atoms with van der Waals surface area (Å²) in [5.41, 5.74) is 0.684. The van der Waals surface area contributed by atoms with E-state index in [9.17, 15) is 14.0 Å². The summed E-state index contributed by atoms with van der Waals surface area (Å²) >= 11 is 5.67. The number of halogens is 2. The Morgan fingerprint density at radius 3 is 2.90 bits per heavy atom. The fourth-order valence-electron chi connectivity index (χ4n) is 2.45. The number of carbonyl (C=O) groups is 2. The van der Waals surface area contributed by atoms with E-state index < -0.39 is 11.8 Å². The molecular weight excluding hydrogens is 299 g/mol. The van der Waals surface area contributed by atoms with E-state index in [4.69, 9.17) is 16.7 Å². The molecule has 0 saturated carbocycles. The first-order valence-corrected chi connectivity index (χ1v) is 7.05. The SMILES string of the molecule is O=C(O)CC1CCCN1C(=O)NCc1ccc(F)c(Cl)c1. The lowest BCUT2D eigenvalue weighted by atomic mass is 10.1. The van der Waals surface area contributed by atoms with E-state index in [1.165, 1.54) is 12.1 Å². The van der Waals surface area contributed by atoms with Crippen LogP contribution in [-0.2, 0) is 11.3 Å². The number of urea groups is 1. The van der Waals surface area contributed by atoms with Crippen molar-refractivity contribution in [2.75, 3.05) is 6.54 Å². The molecule has 7 heteroatoms. The third-order valence-corrected chi connectivity index (χ3v) is 3.77. The molecule has 1 atom stereocenters. The Labute approximate surface area is 126 Å². The van der Waals surface area contributed by atoms with Crippen LogP contribution in [0.2, 0.25) is 5.02 Å². The lowest BCUT2D eigenvalue weighted by Crippen LogP contribution is -2.43. The molecule has 0 bridgehead atoms. The number of carboxylic acids is 1. The topological polar surface area (TPSA) is 69.6 Å². The number of nitrogens with one attached hydrogen (secondary N) is 1. The van der Waals surface area contributed by atoms with E-state index in [1.54, 1.807) is 11.0 Å². The van der Waals surface area contributed by atoms with E-state index >= 15 is 0 Å². The van der Waals surface area contributed by atoms with Gasteiger partial charge in [0.05, 0.1) is 11.4 Å². The van der Waals surface area contributed by atoms with Crippen molar-refractivity contribution in [2.24, 2.45) is 0 Å². The van der Waals surface area contributed by atoms with Crippen LogP contribution in [0.5, 0.6) is 0 Å². The molecule has 0 aliphatic carbocycles. The van der Waals surface area contributed by atoms with E-state index in [1.807, 2.05) is 0 Å². The van der Waals surface area contributed by atoms with E-state index in [2.05, 4.69) is 5.32 Å². The fraction of sp³-hybridized carbons (Fsp3) is 0.429. The highest BCUT2D eigenvalue weighted by Gasteiger charge is 2.30. The lowest BCUT2D eigenvalue weighted by Gasteiger charge is -2.23. The average molecular weight is 315 g/mol. The zero-order chi connectivity index (χ0) is 15.4. The van der Waals surface area contributed by atoms with Gasteiger partial charge in [-0.3, -0.25) is 4.79 Å². The summed E-state index contributed by atoms with van der Waals surface area (Å²) in [6.07, 6.45) is 1.45. The quantitative estimate of drug-likeness (QED) is 0.897. The molecule has 2 amide bonds. The van der Waals surface area contributed by atoms with Crippen molar-refractivity contribution in [3.05, 3.63) is 34.6 Å². The molecule has 1 heterocycles. The molecule has 1 saturated heterocycles. The summed E-state index contributed by atoms with van der Waals surface area (Å²) < 4.78 is 13.0. The number of aliphatic carboxylic acids is 1. The molecule has 5 nitrogen and oxygen atoms in total. The van der Waals surface area contributed by atoms with Gasteiger partial charge in [-0.25, -0.2) is 9.18 Å². The molecule has 1 aliphatic rings. The number of carbonyl (C=O) groups excluding carboxylic acids is 1. The maximum Gasteiger partial charge on any atom is 0.317 e. The van der Waals surface area contributed by atoms with Crippen LogP contribution in [0.4, 0.5) is 9.18 Å². The molecule has 1 unspecified atom stereocenters. The van der Waals surface area contributed by atoms with Crippen molar-refractivity contribution < 1.29 is 19.1 Å². The highest BCUT2D eigenvalue weighted by atomic mass is 35.5. The molecule has 2 rings (SSSR count). The highest BCUT2D eigenvalue weighted by Crippen LogP contribution is 2.20. The number of hydrogen-bond donors (Lipinski definition) is 2. The van der Waals surface area contributed by atoms with Gasteiger partial charge in [0.1, 0.15) is 5.82 Å². The number of likely N-dealkylation sites (tertiary alicyclic amines) is 1. The van der Waals surface area contributed by atoms with E-state index in [0.29, 0.717) is 18.5 Å². The van der Waals surface area contributed by atoms with Crippen molar-refractivity contribution >= 4 is 23.6 Å². The first kappa shape index (κ1) is 15.6. The van der Waals surface area contributed by atoms with Gasteiger partial charge in [-0.05, 0) is 30.5 Å². The van der Waals surface area contributed by atoms with Crippen molar-refractivity contribution in [3.8, 4) is 0 Å². The van der Waals surface area contributed by atoms with Crippen LogP contribution in [-0.4, -0.2) is 34.6 Å². The summed E-state index contributed by atoms with van der Waals surface area (Å²) in [6, 6.07) is 3.67. The van der Waals surface area contributed by atoms with Gasteiger partial charge in [0.15, 0.2) is 0 Å². The van der Waals surface area contributed by atoms with Crippen molar-refractivity contribution in [1.82, 2.24) is 10.2 Å². The van der Waals surface area contributed by atoms with Gasteiger partial charge in [0.25, 0.3) is 0 Å². The van der Waals surface area contributed by atoms with Gasteiger partial charge in [-0.2, -0.15) is 0 Å². The number of hydrogen-bond acceptors (Lipinski definition) is 2. The maximum atomic E-state index is 13.0. The number of amides is 2. The molecule has 0 radical (unpaired) electrons. The van der Waals surface area contributed by atoms with Gasteiger partial charge in [-0.1, -0.05) is 17.7 Å². The van der Waals surface area contributed by atoms with Crippen molar-refractivity contribution in [3.63, 3.8) is 0 Å². The van der Waals surface area contributed by atoms with Gasteiger partial charge in [0.2, 0.25) is 0 Å². The molecular formula is C14H16ClFN2O3. The third kappa shape index (κ3) is 4.07. The monoisotopic (exact) mass is 314 g/mol. The van der Waals surface area contributed by atoms with Crippen molar-refractivity contribution in [1.29, 1.82) is 0 Å². The molecule has 114 valence electrons. The second-order valence-corrected chi connectivity index (χ2v) is 5.40. The lowest BCUT2D eigenvalue weighted by molar-refractivity contribution is -0.137. The molecule has 2 N–H and O–H groups in total. The number of benzene rings is 1. The minimum Gasteiger partial charge on any atom is -0.481 e. The van der Waals surface area contributed by atoms with Crippen molar-refractivity contribution in [2.45, 2.75) is 31.8 Å². The third-order valence-electron chi connectivity index (χ3n) is 3.48. The Balaban J connectivity index is 1.91. The second kappa shape index (κ2) is 6.76. The zero-order valence-corrected chi connectivity index (χ0v) is 12.1. The Morgan fingerprint density at radius 1 is 1.48 bits per heavy atom. The van der Waals surface area contributed by atoms with Crippen LogP contribution in [0.3, 0.4) is 0 Å². The first-order valence-electron chi connectivity index (χ1n) is 6.67. The van der Waals surface area contributed by atoms with Gasteiger partial charge in [0, 0.05) is 19.1 Å². The number of nitrogens with zero attached hydrogens (tertiary/aromatic N) is 1. The summed E-state index contributed by atoms with van der Waals surface area (Å²) in [4.78, 5) is 24.4. The zero-order valence-electron chi connectivity index (χ0n) is 11.3. The molecule has 1 aromatic rings. The smallest absolute Gasteiger partial charge is 0.317 e. The van der Waals surface area contributed by atoms with Crippen LogP contribution in [0.1, 0.15) is 24.8 Å². The number of carboxylic acid groups (broad SMARTS) is 1. The number of rotatable bonds is 4. The predicted molar refractivity (Wildman–Crippen MR) is 75.6 cm³/mol. The molecule has 0 aromatic heterocycles. The molecule has 0 spiro atoms. The van der Waals surface area contributed by atoms with Crippen LogP contribution in [0.15, 0.2) is 18.2 Å². The second-order valence-electron chi connectivity index (χ2n) is 4.99. The van der Waals surface area contributed by atoms with Crippen LogP contribution >= 0.6 is 11.6 Å². The molecule has 1 aromatic carbocycles. The Morgan fingerprint density at radius 2 is 2.24 bits per heavy atom. The molecule has 1 aliphatic heterocycles. The average Bonchev–Trinajstić information content (AvgIpc) is 2.87. The predicted octanol–water partition coefficient (Wildman–Crippen LogP) is 2.63. The minimum atomic E-state index is -0.912. The van der Waals surface area contributed by atoms with Crippen LogP contribution < -0.4 is 5.32 Å². The van der Waals surface area contributed by atoms with Gasteiger partial charge >= 0.3 is 12.0 Å². The normalized spacial score (nSPS) is 17.8. The Bertz CT molecular complexity index is 553. The van der Waals surface area contributed by atoms with Crippen LogP contribution in [0.25, 0.3) is 0 Å². The summed E-state index contributed by atoms with van der Waals surface area (Å²) in [5.74, 6) is -1.42. The maximum absolute atomic E-state index is 13.0. The van der Waals surface area contributed by atoms with E-state index in [0.717, 1.165) is 6.42 Å². The van der Waals surface area contributed by atoms with Crippen LogP contribution in [0, 0.1) is 5.82 Å².